The standard InChI is InChI=1S/C16H18BrNO2/c1-16(12-17,13-6-3-2-4-7-13)18-15(19)10-9-14-8-5-11-20-14/h2-8,11H,9-10,12H2,1H3,(H,18,19). The number of amides is 1. The number of hydrogen-bond acceptors (Lipinski definition) is 2. The van der Waals surface area contributed by atoms with E-state index in [1.165, 1.54) is 0 Å². The van der Waals surface area contributed by atoms with Crippen LogP contribution in [0.5, 0.6) is 0 Å². The largest absolute Gasteiger partial charge is 0.469 e. The Morgan fingerprint density at radius 3 is 2.60 bits per heavy atom. The molecule has 0 aliphatic carbocycles. The van der Waals surface area contributed by atoms with E-state index in [2.05, 4.69) is 21.2 Å². The van der Waals surface area contributed by atoms with Gasteiger partial charge in [-0.2, -0.15) is 0 Å². The maximum Gasteiger partial charge on any atom is 0.221 e. The number of carbonyl (C=O) groups is 1. The second-order valence-corrected chi connectivity index (χ2v) is 5.52. The fourth-order valence-electron chi connectivity index (χ4n) is 2.05. The van der Waals surface area contributed by atoms with Crippen LogP contribution in [0.25, 0.3) is 0 Å². The fraction of sp³-hybridized carbons (Fsp3) is 0.312. The van der Waals surface area contributed by atoms with E-state index in [9.17, 15) is 4.79 Å². The number of aryl methyl sites for hydroxylation is 1. The summed E-state index contributed by atoms with van der Waals surface area (Å²) in [5.41, 5.74) is 0.685. The van der Waals surface area contributed by atoms with Gasteiger partial charge < -0.3 is 9.73 Å². The summed E-state index contributed by atoms with van der Waals surface area (Å²) >= 11 is 3.49. The van der Waals surface area contributed by atoms with Crippen LogP contribution >= 0.6 is 15.9 Å². The van der Waals surface area contributed by atoms with Crippen LogP contribution in [0.2, 0.25) is 0 Å². The highest BCUT2D eigenvalue weighted by atomic mass is 79.9. The molecule has 0 saturated heterocycles. The molecule has 3 nitrogen and oxygen atoms in total. The van der Waals surface area contributed by atoms with Crippen molar-refractivity contribution in [3.63, 3.8) is 0 Å². The molecule has 0 saturated carbocycles. The number of furan rings is 1. The van der Waals surface area contributed by atoms with E-state index in [1.807, 2.05) is 49.4 Å². The SMILES string of the molecule is CC(CBr)(NC(=O)CCc1ccco1)c1ccccc1. The quantitative estimate of drug-likeness (QED) is 0.819. The zero-order chi connectivity index (χ0) is 14.4. The van der Waals surface area contributed by atoms with Crippen molar-refractivity contribution in [1.29, 1.82) is 0 Å². The molecule has 0 spiro atoms. The van der Waals surface area contributed by atoms with E-state index in [0.29, 0.717) is 18.2 Å². The molecule has 106 valence electrons. The predicted molar refractivity (Wildman–Crippen MR) is 82.8 cm³/mol. The minimum Gasteiger partial charge on any atom is -0.469 e. The van der Waals surface area contributed by atoms with Crippen LogP contribution in [0.15, 0.2) is 53.1 Å². The number of hydrogen-bond donors (Lipinski definition) is 1. The molecule has 20 heavy (non-hydrogen) atoms. The van der Waals surface area contributed by atoms with Crippen LogP contribution in [0.1, 0.15) is 24.7 Å². The number of benzene rings is 1. The van der Waals surface area contributed by atoms with Crippen LogP contribution in [-0.4, -0.2) is 11.2 Å². The van der Waals surface area contributed by atoms with E-state index >= 15 is 0 Å². The summed E-state index contributed by atoms with van der Waals surface area (Å²) in [6, 6.07) is 13.7. The first-order valence-corrected chi connectivity index (χ1v) is 7.71. The monoisotopic (exact) mass is 335 g/mol. The summed E-state index contributed by atoms with van der Waals surface area (Å²) in [5, 5.41) is 3.76. The number of carbonyl (C=O) groups excluding carboxylic acids is 1. The summed E-state index contributed by atoms with van der Waals surface area (Å²) in [6.07, 6.45) is 2.66. The topological polar surface area (TPSA) is 42.2 Å². The number of halogens is 1. The summed E-state index contributed by atoms with van der Waals surface area (Å²) < 4.78 is 5.24. The molecule has 1 amide bonds. The van der Waals surface area contributed by atoms with Gasteiger partial charge in [0.15, 0.2) is 0 Å². The van der Waals surface area contributed by atoms with Crippen LogP contribution < -0.4 is 5.32 Å². The molecule has 1 N–H and O–H groups in total. The van der Waals surface area contributed by atoms with Gasteiger partial charge in [0.25, 0.3) is 0 Å². The molecule has 0 aliphatic heterocycles. The Labute approximate surface area is 127 Å². The van der Waals surface area contributed by atoms with Crippen molar-refractivity contribution in [1.82, 2.24) is 5.32 Å². The molecular weight excluding hydrogens is 318 g/mol. The fourth-order valence-corrected chi connectivity index (χ4v) is 2.51. The van der Waals surface area contributed by atoms with Gasteiger partial charge >= 0.3 is 0 Å². The average Bonchev–Trinajstić information content (AvgIpc) is 2.99. The molecule has 0 fully saturated rings. The average molecular weight is 336 g/mol. The molecule has 0 aliphatic rings. The van der Waals surface area contributed by atoms with Gasteiger partial charge in [-0.15, -0.1) is 0 Å². The van der Waals surface area contributed by atoms with Crippen molar-refractivity contribution in [3.05, 3.63) is 60.1 Å². The Morgan fingerprint density at radius 2 is 2.00 bits per heavy atom. The van der Waals surface area contributed by atoms with E-state index in [-0.39, 0.29) is 5.91 Å². The van der Waals surface area contributed by atoms with Crippen LogP contribution in [0, 0.1) is 0 Å². The molecule has 1 aromatic carbocycles. The highest BCUT2D eigenvalue weighted by Crippen LogP contribution is 2.23. The maximum atomic E-state index is 12.1. The Balaban J connectivity index is 1.97. The second kappa shape index (κ2) is 6.75. The van der Waals surface area contributed by atoms with Gasteiger partial charge in [0.05, 0.1) is 11.8 Å². The van der Waals surface area contributed by atoms with Crippen molar-refractivity contribution in [2.75, 3.05) is 5.33 Å². The lowest BCUT2D eigenvalue weighted by Crippen LogP contribution is -2.45. The number of rotatable bonds is 6. The molecule has 2 rings (SSSR count). The molecule has 1 aromatic heterocycles. The molecular formula is C16H18BrNO2. The highest BCUT2D eigenvalue weighted by molar-refractivity contribution is 9.09. The highest BCUT2D eigenvalue weighted by Gasteiger charge is 2.26. The van der Waals surface area contributed by atoms with Crippen LogP contribution in [0.4, 0.5) is 0 Å². The Hall–Kier alpha value is -1.55. The first-order chi connectivity index (χ1) is 9.64. The molecule has 1 heterocycles. The van der Waals surface area contributed by atoms with Crippen molar-refractivity contribution >= 4 is 21.8 Å². The lowest BCUT2D eigenvalue weighted by molar-refractivity contribution is -0.122. The smallest absolute Gasteiger partial charge is 0.221 e. The zero-order valence-corrected chi connectivity index (χ0v) is 13.0. The third-order valence-electron chi connectivity index (χ3n) is 3.27. The van der Waals surface area contributed by atoms with E-state index in [0.717, 1.165) is 11.3 Å². The van der Waals surface area contributed by atoms with Gasteiger partial charge in [-0.3, -0.25) is 4.79 Å². The number of alkyl halides is 1. The predicted octanol–water partition coefficient (Wildman–Crippen LogP) is 3.64. The maximum absolute atomic E-state index is 12.1. The molecule has 1 atom stereocenters. The lowest BCUT2D eigenvalue weighted by Gasteiger charge is -2.29. The molecule has 2 aromatic rings. The zero-order valence-electron chi connectivity index (χ0n) is 11.4. The van der Waals surface area contributed by atoms with Crippen molar-refractivity contribution in [2.45, 2.75) is 25.3 Å². The van der Waals surface area contributed by atoms with Crippen molar-refractivity contribution < 1.29 is 9.21 Å². The molecule has 4 heteroatoms. The molecule has 0 radical (unpaired) electrons. The third kappa shape index (κ3) is 3.73. The van der Waals surface area contributed by atoms with Gasteiger partial charge in [0, 0.05) is 18.2 Å². The van der Waals surface area contributed by atoms with Crippen LogP contribution in [0.3, 0.4) is 0 Å². The minimum atomic E-state index is -0.401. The lowest BCUT2D eigenvalue weighted by atomic mass is 9.94. The van der Waals surface area contributed by atoms with Gasteiger partial charge in [0.1, 0.15) is 5.76 Å². The van der Waals surface area contributed by atoms with Crippen molar-refractivity contribution in [2.24, 2.45) is 0 Å². The molecule has 0 bridgehead atoms. The second-order valence-electron chi connectivity index (χ2n) is 4.96. The minimum absolute atomic E-state index is 0.0206. The van der Waals surface area contributed by atoms with Crippen molar-refractivity contribution in [3.8, 4) is 0 Å². The summed E-state index contributed by atoms with van der Waals surface area (Å²) in [6.45, 7) is 2.02. The first-order valence-electron chi connectivity index (χ1n) is 6.59. The number of nitrogens with one attached hydrogen (secondary N) is 1. The Bertz CT molecular complexity index is 539. The first kappa shape index (κ1) is 14.9. The van der Waals surface area contributed by atoms with Gasteiger partial charge in [-0.1, -0.05) is 46.3 Å². The summed E-state index contributed by atoms with van der Waals surface area (Å²) in [7, 11) is 0. The van der Waals surface area contributed by atoms with Gasteiger partial charge in [-0.05, 0) is 24.6 Å². The van der Waals surface area contributed by atoms with Gasteiger partial charge in [0.2, 0.25) is 5.91 Å². The summed E-state index contributed by atoms with van der Waals surface area (Å²) in [4.78, 5) is 12.1. The van der Waals surface area contributed by atoms with E-state index in [1.54, 1.807) is 6.26 Å². The third-order valence-corrected chi connectivity index (χ3v) is 4.39. The Kier molecular flexibility index (Phi) is 5.01. The van der Waals surface area contributed by atoms with Crippen LogP contribution in [-0.2, 0) is 16.8 Å². The van der Waals surface area contributed by atoms with Gasteiger partial charge in [-0.25, -0.2) is 0 Å². The molecule has 1 unspecified atom stereocenters. The van der Waals surface area contributed by atoms with E-state index < -0.39 is 5.54 Å². The van der Waals surface area contributed by atoms with E-state index in [4.69, 9.17) is 4.42 Å². The normalized spacial score (nSPS) is 13.7. The summed E-state index contributed by atoms with van der Waals surface area (Å²) in [5.74, 6) is 0.854. The Morgan fingerprint density at radius 1 is 1.25 bits per heavy atom.